The highest BCUT2D eigenvalue weighted by atomic mass is 16.5. The van der Waals surface area contributed by atoms with Gasteiger partial charge in [0.05, 0.1) is 5.41 Å². The average Bonchev–Trinajstić information content (AvgIpc) is 3.07. The molecule has 1 aliphatic carbocycles. The molecule has 3 rings (SSSR count). The van der Waals surface area contributed by atoms with E-state index in [0.717, 1.165) is 18.4 Å². The van der Waals surface area contributed by atoms with Crippen LogP contribution in [0.3, 0.4) is 0 Å². The van der Waals surface area contributed by atoms with E-state index in [0.29, 0.717) is 19.5 Å². The van der Waals surface area contributed by atoms with Crippen molar-refractivity contribution in [1.82, 2.24) is 4.90 Å². The highest BCUT2D eigenvalue weighted by molar-refractivity contribution is 5.85. The number of benzene rings is 1. The molecule has 5 heteroatoms. The number of carbonyl (C=O) groups excluding carboxylic acids is 1. The quantitative estimate of drug-likeness (QED) is 0.925. The molecule has 2 fully saturated rings. The fraction of sp³-hybridized carbons (Fsp3) is 0.529. The van der Waals surface area contributed by atoms with Crippen LogP contribution in [0.5, 0.6) is 0 Å². The number of amides is 1. The van der Waals surface area contributed by atoms with Gasteiger partial charge in [0.2, 0.25) is 0 Å². The van der Waals surface area contributed by atoms with Gasteiger partial charge in [-0.3, -0.25) is 9.59 Å². The molecule has 1 aromatic carbocycles. The van der Waals surface area contributed by atoms with Crippen molar-refractivity contribution in [2.75, 3.05) is 20.2 Å². The fourth-order valence-electron chi connectivity index (χ4n) is 3.98. The zero-order valence-electron chi connectivity index (χ0n) is 12.7. The zero-order chi connectivity index (χ0) is 15.7. The Morgan fingerprint density at radius 2 is 2.09 bits per heavy atom. The lowest BCUT2D eigenvalue weighted by Crippen LogP contribution is -2.39. The molecule has 1 aliphatic heterocycles. The Morgan fingerprint density at radius 1 is 1.36 bits per heavy atom. The summed E-state index contributed by atoms with van der Waals surface area (Å²) in [6, 6.07) is 9.34. The molecule has 2 aliphatic rings. The van der Waals surface area contributed by atoms with Crippen LogP contribution >= 0.6 is 0 Å². The van der Waals surface area contributed by atoms with Gasteiger partial charge in [0, 0.05) is 20.2 Å². The minimum Gasteiger partial charge on any atom is -0.481 e. The van der Waals surface area contributed by atoms with Crippen LogP contribution in [0.4, 0.5) is 0 Å². The standard InChI is InChI=1S/C17H21NO4/c1-22-14(12-6-3-2-4-7-12)15(19)18-10-13-8-5-9-17(13,11-18)16(20)21/h2-4,6-7,13-14H,5,8-11H2,1H3,(H,20,21)/t13-,14+,17+/m0/s1. The second-order valence-electron chi connectivity index (χ2n) is 6.30. The first-order valence-electron chi connectivity index (χ1n) is 7.68. The summed E-state index contributed by atoms with van der Waals surface area (Å²) in [6.07, 6.45) is 1.83. The molecular weight excluding hydrogens is 282 g/mol. The van der Waals surface area contributed by atoms with E-state index in [1.54, 1.807) is 4.90 Å². The summed E-state index contributed by atoms with van der Waals surface area (Å²) in [5, 5.41) is 9.62. The molecule has 5 nitrogen and oxygen atoms in total. The van der Waals surface area contributed by atoms with E-state index in [-0.39, 0.29) is 11.8 Å². The number of fused-ring (bicyclic) bond motifs is 1. The van der Waals surface area contributed by atoms with Gasteiger partial charge in [-0.15, -0.1) is 0 Å². The molecule has 1 N–H and O–H groups in total. The Morgan fingerprint density at radius 3 is 2.68 bits per heavy atom. The summed E-state index contributed by atoms with van der Waals surface area (Å²) in [5.74, 6) is -0.829. The maximum Gasteiger partial charge on any atom is 0.311 e. The largest absolute Gasteiger partial charge is 0.481 e. The zero-order valence-corrected chi connectivity index (χ0v) is 12.7. The van der Waals surface area contributed by atoms with E-state index in [2.05, 4.69) is 0 Å². The second-order valence-corrected chi connectivity index (χ2v) is 6.30. The van der Waals surface area contributed by atoms with Crippen molar-refractivity contribution in [2.45, 2.75) is 25.4 Å². The molecule has 1 amide bonds. The molecular formula is C17H21NO4. The lowest BCUT2D eigenvalue weighted by molar-refractivity contribution is -0.150. The Kier molecular flexibility index (Phi) is 3.91. The van der Waals surface area contributed by atoms with Gasteiger partial charge in [-0.05, 0) is 24.3 Å². The lowest BCUT2D eigenvalue weighted by Gasteiger charge is -2.25. The number of likely N-dealkylation sites (tertiary alicyclic amines) is 1. The average molecular weight is 303 g/mol. The molecule has 0 unspecified atom stereocenters. The Balaban J connectivity index is 1.80. The van der Waals surface area contributed by atoms with Crippen molar-refractivity contribution in [1.29, 1.82) is 0 Å². The Hall–Kier alpha value is -1.88. The van der Waals surface area contributed by atoms with Crippen LogP contribution in [-0.2, 0) is 14.3 Å². The van der Waals surface area contributed by atoms with Gasteiger partial charge in [0.15, 0.2) is 6.10 Å². The van der Waals surface area contributed by atoms with Crippen LogP contribution in [-0.4, -0.2) is 42.1 Å². The van der Waals surface area contributed by atoms with Crippen LogP contribution in [0.1, 0.15) is 30.9 Å². The molecule has 22 heavy (non-hydrogen) atoms. The molecule has 1 aromatic rings. The van der Waals surface area contributed by atoms with Crippen molar-refractivity contribution in [3.63, 3.8) is 0 Å². The number of carboxylic acid groups (broad SMARTS) is 1. The van der Waals surface area contributed by atoms with Crippen LogP contribution in [0.2, 0.25) is 0 Å². The number of carboxylic acids is 1. The maximum absolute atomic E-state index is 12.8. The fourth-order valence-corrected chi connectivity index (χ4v) is 3.98. The van der Waals surface area contributed by atoms with E-state index >= 15 is 0 Å². The summed E-state index contributed by atoms with van der Waals surface area (Å²) in [6.45, 7) is 0.830. The topological polar surface area (TPSA) is 66.8 Å². The number of aliphatic carboxylic acids is 1. The minimum atomic E-state index is -0.765. The number of methoxy groups -OCH3 is 1. The summed E-state index contributed by atoms with van der Waals surface area (Å²) in [4.78, 5) is 26.2. The Labute approximate surface area is 129 Å². The molecule has 3 atom stereocenters. The number of nitrogens with zero attached hydrogens (tertiary/aromatic N) is 1. The highest BCUT2D eigenvalue weighted by Gasteiger charge is 2.56. The summed E-state index contributed by atoms with van der Waals surface area (Å²) in [7, 11) is 1.51. The van der Waals surface area contributed by atoms with Gasteiger partial charge in [0.25, 0.3) is 5.91 Å². The van der Waals surface area contributed by atoms with E-state index in [9.17, 15) is 14.7 Å². The van der Waals surface area contributed by atoms with E-state index in [1.807, 2.05) is 30.3 Å². The first-order chi connectivity index (χ1) is 10.6. The normalized spacial score (nSPS) is 28.4. The van der Waals surface area contributed by atoms with Crippen molar-refractivity contribution >= 4 is 11.9 Å². The van der Waals surface area contributed by atoms with Gasteiger partial charge >= 0.3 is 5.97 Å². The van der Waals surface area contributed by atoms with Crippen LogP contribution in [0.25, 0.3) is 0 Å². The predicted octanol–water partition coefficient (Wildman–Crippen LogP) is 2.09. The molecule has 0 spiro atoms. The van der Waals surface area contributed by atoms with Crippen LogP contribution in [0, 0.1) is 11.3 Å². The molecule has 118 valence electrons. The predicted molar refractivity (Wildman–Crippen MR) is 80.2 cm³/mol. The smallest absolute Gasteiger partial charge is 0.311 e. The van der Waals surface area contributed by atoms with Crippen molar-refractivity contribution in [3.8, 4) is 0 Å². The van der Waals surface area contributed by atoms with Gasteiger partial charge in [-0.1, -0.05) is 36.8 Å². The van der Waals surface area contributed by atoms with E-state index in [1.165, 1.54) is 7.11 Å². The molecule has 1 saturated carbocycles. The second kappa shape index (κ2) is 5.72. The Bertz CT molecular complexity index is 573. The number of hydrogen-bond acceptors (Lipinski definition) is 3. The van der Waals surface area contributed by atoms with E-state index in [4.69, 9.17) is 4.74 Å². The third kappa shape index (κ3) is 2.29. The van der Waals surface area contributed by atoms with Gasteiger partial charge in [0.1, 0.15) is 0 Å². The van der Waals surface area contributed by atoms with Crippen molar-refractivity contribution in [2.24, 2.45) is 11.3 Å². The van der Waals surface area contributed by atoms with Gasteiger partial charge in [-0.25, -0.2) is 0 Å². The van der Waals surface area contributed by atoms with E-state index < -0.39 is 17.5 Å². The molecule has 1 saturated heterocycles. The number of carbonyl (C=O) groups is 2. The first kappa shape index (κ1) is 15.0. The first-order valence-corrected chi connectivity index (χ1v) is 7.68. The number of rotatable bonds is 4. The highest BCUT2D eigenvalue weighted by Crippen LogP contribution is 2.49. The van der Waals surface area contributed by atoms with Crippen molar-refractivity contribution < 1.29 is 19.4 Å². The summed E-state index contributed by atoms with van der Waals surface area (Å²) < 4.78 is 5.39. The third-order valence-corrected chi connectivity index (χ3v) is 5.17. The third-order valence-electron chi connectivity index (χ3n) is 5.17. The maximum atomic E-state index is 12.8. The SMILES string of the molecule is CO[C@@H](C(=O)N1C[C@@H]2CCC[C@@]2(C(=O)O)C1)c1ccccc1. The molecule has 1 heterocycles. The van der Waals surface area contributed by atoms with Crippen molar-refractivity contribution in [3.05, 3.63) is 35.9 Å². The van der Waals surface area contributed by atoms with Crippen LogP contribution < -0.4 is 0 Å². The minimum absolute atomic E-state index is 0.0715. The van der Waals surface area contributed by atoms with Gasteiger partial charge < -0.3 is 14.7 Å². The van der Waals surface area contributed by atoms with Crippen LogP contribution in [0.15, 0.2) is 30.3 Å². The lowest BCUT2D eigenvalue weighted by atomic mass is 9.81. The summed E-state index contributed by atoms with van der Waals surface area (Å²) >= 11 is 0. The summed E-state index contributed by atoms with van der Waals surface area (Å²) in [5.41, 5.74) is 0.0569. The molecule has 0 bridgehead atoms. The van der Waals surface area contributed by atoms with Gasteiger partial charge in [-0.2, -0.15) is 0 Å². The molecule has 0 aromatic heterocycles. The number of ether oxygens (including phenoxy) is 1. The molecule has 0 radical (unpaired) electrons. The number of hydrogen-bond donors (Lipinski definition) is 1. The monoisotopic (exact) mass is 303 g/mol.